The zero-order valence-electron chi connectivity index (χ0n) is 12.1. The van der Waals surface area contributed by atoms with Crippen molar-refractivity contribution in [2.24, 2.45) is 5.84 Å². The zero-order chi connectivity index (χ0) is 15.7. The largest absolute Gasteiger partial charge is 0.271 e. The van der Waals surface area contributed by atoms with Crippen LogP contribution in [0.25, 0.3) is 0 Å². The molecule has 3 N–H and O–H groups in total. The van der Waals surface area contributed by atoms with Crippen molar-refractivity contribution in [3.8, 4) is 0 Å². The minimum Gasteiger partial charge on any atom is -0.271 e. The second-order valence-corrected chi connectivity index (χ2v) is 6.09. The number of hydrogen-bond acceptors (Lipinski definition) is 2. The molecule has 1 unspecified atom stereocenters. The molecule has 2 aromatic rings. The van der Waals surface area contributed by atoms with E-state index < -0.39 is 17.7 Å². The molecule has 112 valence electrons. The van der Waals surface area contributed by atoms with Crippen molar-refractivity contribution in [2.45, 2.75) is 26.8 Å². The van der Waals surface area contributed by atoms with Crippen LogP contribution in [0.15, 0.2) is 28.7 Å². The minimum atomic E-state index is -0.739. The highest BCUT2D eigenvalue weighted by Gasteiger charge is 2.23. The van der Waals surface area contributed by atoms with Crippen LogP contribution < -0.4 is 11.3 Å². The van der Waals surface area contributed by atoms with Gasteiger partial charge >= 0.3 is 0 Å². The van der Waals surface area contributed by atoms with Crippen LogP contribution in [0.1, 0.15) is 33.9 Å². The maximum atomic E-state index is 14.2. The number of nitrogens with one attached hydrogen (secondary N) is 1. The van der Waals surface area contributed by atoms with Gasteiger partial charge in [0, 0.05) is 10.0 Å². The first-order chi connectivity index (χ1) is 9.85. The molecule has 0 fully saturated rings. The van der Waals surface area contributed by atoms with E-state index in [1.165, 1.54) is 12.1 Å². The van der Waals surface area contributed by atoms with E-state index in [4.69, 9.17) is 5.84 Å². The van der Waals surface area contributed by atoms with Gasteiger partial charge in [0.1, 0.15) is 11.6 Å². The number of hydrogen-bond donors (Lipinski definition) is 2. The van der Waals surface area contributed by atoms with E-state index in [-0.39, 0.29) is 5.56 Å². The highest BCUT2D eigenvalue weighted by molar-refractivity contribution is 9.10. The summed E-state index contributed by atoms with van der Waals surface area (Å²) in [6.07, 6.45) is 0. The molecule has 0 radical (unpaired) electrons. The van der Waals surface area contributed by atoms with Gasteiger partial charge in [0.15, 0.2) is 0 Å². The van der Waals surface area contributed by atoms with Crippen LogP contribution >= 0.6 is 15.9 Å². The van der Waals surface area contributed by atoms with Gasteiger partial charge in [0.2, 0.25) is 0 Å². The molecule has 0 aliphatic heterocycles. The summed E-state index contributed by atoms with van der Waals surface area (Å²) in [5.74, 6) is 4.30. The molecule has 0 aliphatic carbocycles. The summed E-state index contributed by atoms with van der Waals surface area (Å²) >= 11 is 3.08. The van der Waals surface area contributed by atoms with Crippen LogP contribution in [0.2, 0.25) is 0 Å². The number of nitrogens with two attached hydrogens (primary N) is 1. The number of rotatable bonds is 3. The van der Waals surface area contributed by atoms with Gasteiger partial charge in [-0.15, -0.1) is 0 Å². The summed E-state index contributed by atoms with van der Waals surface area (Å²) in [5.41, 5.74) is 6.33. The fraction of sp³-hybridized carbons (Fsp3) is 0.250. The van der Waals surface area contributed by atoms with Crippen molar-refractivity contribution >= 4 is 15.9 Å². The van der Waals surface area contributed by atoms with Crippen molar-refractivity contribution in [1.29, 1.82) is 0 Å². The highest BCUT2D eigenvalue weighted by Crippen LogP contribution is 2.31. The molecular weight excluding hydrogens is 338 g/mol. The third kappa shape index (κ3) is 3.15. The van der Waals surface area contributed by atoms with E-state index in [1.807, 2.05) is 32.9 Å². The SMILES string of the molecule is Cc1cc(C)c(C(NN)c2c(F)cc(Br)cc2F)cc1C. The first kappa shape index (κ1) is 16.1. The van der Waals surface area contributed by atoms with Crippen molar-refractivity contribution in [3.05, 3.63) is 68.2 Å². The zero-order valence-corrected chi connectivity index (χ0v) is 13.7. The van der Waals surface area contributed by atoms with E-state index in [1.54, 1.807) is 0 Å². The molecule has 1 atom stereocenters. The Hall–Kier alpha value is -1.30. The molecule has 0 heterocycles. The Morgan fingerprint density at radius 2 is 1.48 bits per heavy atom. The molecule has 5 heteroatoms. The van der Waals surface area contributed by atoms with Gasteiger partial charge in [-0.3, -0.25) is 5.84 Å². The quantitative estimate of drug-likeness (QED) is 0.640. The van der Waals surface area contributed by atoms with Gasteiger partial charge in [-0.2, -0.15) is 0 Å². The average molecular weight is 355 g/mol. The van der Waals surface area contributed by atoms with Crippen LogP contribution in [0.3, 0.4) is 0 Å². The third-order valence-corrected chi connectivity index (χ3v) is 4.15. The molecule has 0 amide bonds. The van der Waals surface area contributed by atoms with Crippen molar-refractivity contribution in [1.82, 2.24) is 5.43 Å². The first-order valence-electron chi connectivity index (χ1n) is 6.53. The standard InChI is InChI=1S/C16H17BrF2N2/c1-8-4-10(3)12(5-9(8)2)16(21-20)15-13(18)6-11(17)7-14(15)19/h4-7,16,21H,20H2,1-3H3. The number of hydrazine groups is 1. The molecule has 2 rings (SSSR count). The maximum absolute atomic E-state index is 14.2. The number of benzene rings is 2. The van der Waals surface area contributed by atoms with Gasteiger partial charge in [0.05, 0.1) is 6.04 Å². The molecule has 0 bridgehead atoms. The van der Waals surface area contributed by atoms with Crippen LogP contribution in [0, 0.1) is 32.4 Å². The van der Waals surface area contributed by atoms with Crippen LogP contribution in [0.4, 0.5) is 8.78 Å². The Morgan fingerprint density at radius 3 is 2.00 bits per heavy atom. The van der Waals surface area contributed by atoms with E-state index in [2.05, 4.69) is 21.4 Å². The average Bonchev–Trinajstić information content (AvgIpc) is 2.38. The Morgan fingerprint density at radius 1 is 0.952 bits per heavy atom. The summed E-state index contributed by atoms with van der Waals surface area (Å²) in [4.78, 5) is 0. The Kier molecular flexibility index (Phi) is 4.76. The van der Waals surface area contributed by atoms with Crippen LogP contribution in [0.5, 0.6) is 0 Å². The van der Waals surface area contributed by atoms with E-state index in [0.29, 0.717) is 4.47 Å². The fourth-order valence-corrected chi connectivity index (χ4v) is 2.85. The summed E-state index contributed by atoms with van der Waals surface area (Å²) in [5, 5.41) is 0. The lowest BCUT2D eigenvalue weighted by molar-refractivity contribution is 0.508. The van der Waals surface area contributed by atoms with Crippen molar-refractivity contribution < 1.29 is 8.78 Å². The molecular formula is C16H17BrF2N2. The lowest BCUT2D eigenvalue weighted by atomic mass is 9.91. The molecule has 2 nitrogen and oxygen atoms in total. The van der Waals surface area contributed by atoms with E-state index in [9.17, 15) is 8.78 Å². The summed E-state index contributed by atoms with van der Waals surface area (Å²) in [6, 6.07) is 5.63. The molecule has 2 aromatic carbocycles. The molecule has 0 spiro atoms. The fourth-order valence-electron chi connectivity index (χ4n) is 2.45. The summed E-state index contributed by atoms with van der Waals surface area (Å²) < 4.78 is 28.7. The molecule has 0 aromatic heterocycles. The summed E-state index contributed by atoms with van der Waals surface area (Å²) in [6.45, 7) is 5.86. The van der Waals surface area contributed by atoms with Gasteiger partial charge in [0.25, 0.3) is 0 Å². The van der Waals surface area contributed by atoms with Gasteiger partial charge in [-0.05, 0) is 55.2 Å². The highest BCUT2D eigenvalue weighted by atomic mass is 79.9. The monoisotopic (exact) mass is 354 g/mol. The first-order valence-corrected chi connectivity index (χ1v) is 7.32. The third-order valence-electron chi connectivity index (χ3n) is 3.69. The number of aryl methyl sites for hydroxylation is 3. The van der Waals surface area contributed by atoms with Crippen LogP contribution in [-0.4, -0.2) is 0 Å². The molecule has 21 heavy (non-hydrogen) atoms. The number of halogens is 3. The second-order valence-electron chi connectivity index (χ2n) is 5.18. The maximum Gasteiger partial charge on any atom is 0.132 e. The molecule has 0 saturated heterocycles. The van der Waals surface area contributed by atoms with Gasteiger partial charge in [-0.1, -0.05) is 28.1 Å². The van der Waals surface area contributed by atoms with Gasteiger partial charge < -0.3 is 0 Å². The smallest absolute Gasteiger partial charge is 0.132 e. The Labute approximate surface area is 131 Å². The predicted octanol–water partition coefficient (Wildman–Crippen LogP) is 4.21. The summed E-state index contributed by atoms with van der Waals surface area (Å²) in [7, 11) is 0. The second kappa shape index (κ2) is 6.22. The van der Waals surface area contributed by atoms with E-state index in [0.717, 1.165) is 22.3 Å². The minimum absolute atomic E-state index is 0.0768. The normalized spacial score (nSPS) is 12.5. The molecule has 0 aliphatic rings. The van der Waals surface area contributed by atoms with Crippen LogP contribution in [-0.2, 0) is 0 Å². The Balaban J connectivity index is 2.63. The van der Waals surface area contributed by atoms with E-state index >= 15 is 0 Å². The lowest BCUT2D eigenvalue weighted by Gasteiger charge is -2.21. The Bertz CT molecular complexity index is 663. The topological polar surface area (TPSA) is 38.0 Å². The predicted molar refractivity (Wildman–Crippen MR) is 83.9 cm³/mol. The molecule has 0 saturated carbocycles. The lowest BCUT2D eigenvalue weighted by Crippen LogP contribution is -2.31. The van der Waals surface area contributed by atoms with Gasteiger partial charge in [-0.25, -0.2) is 14.2 Å². The van der Waals surface area contributed by atoms with Crippen molar-refractivity contribution in [3.63, 3.8) is 0 Å². The van der Waals surface area contributed by atoms with Crippen molar-refractivity contribution in [2.75, 3.05) is 0 Å².